The third-order valence-corrected chi connectivity index (χ3v) is 6.78. The lowest BCUT2D eigenvalue weighted by molar-refractivity contribution is -0.112. The lowest BCUT2D eigenvalue weighted by atomic mass is 10.1. The van der Waals surface area contributed by atoms with Crippen LogP contribution in [0.3, 0.4) is 0 Å². The number of carbonyl (C=O) groups excluding carboxylic acids is 1. The van der Waals surface area contributed by atoms with Crippen LogP contribution in [0.15, 0.2) is 71.1 Å². The molecule has 0 radical (unpaired) electrons. The van der Waals surface area contributed by atoms with Gasteiger partial charge in [0.2, 0.25) is 0 Å². The van der Waals surface area contributed by atoms with Gasteiger partial charge in [-0.05, 0) is 84.5 Å². The van der Waals surface area contributed by atoms with E-state index < -0.39 is 16.0 Å². The van der Waals surface area contributed by atoms with Crippen molar-refractivity contribution in [1.29, 1.82) is 5.26 Å². The van der Waals surface area contributed by atoms with Gasteiger partial charge < -0.3 is 14.2 Å². The highest BCUT2D eigenvalue weighted by Gasteiger charge is 2.22. The molecule has 0 spiro atoms. The molecule has 34 heavy (non-hydrogen) atoms. The van der Waals surface area contributed by atoms with E-state index in [1.165, 1.54) is 31.4 Å². The average molecular weight is 588 g/mol. The standard InChI is InChI=1S/C25H21IN2O5S/c1-16-4-8-20(9-5-16)28-25(29)19(15-27)12-18-13-22(26)24(23(14-18)32-3)33-34(30,31)21-10-6-17(2)7-11-21/h4-14H,1-3H3,(H,28,29)/b19-12+. The first-order valence-electron chi connectivity index (χ1n) is 10.0. The Bertz CT molecular complexity index is 1390. The molecule has 0 saturated heterocycles. The Morgan fingerprint density at radius 1 is 1.03 bits per heavy atom. The van der Waals surface area contributed by atoms with Gasteiger partial charge in [0.1, 0.15) is 16.5 Å². The average Bonchev–Trinajstić information content (AvgIpc) is 2.80. The van der Waals surface area contributed by atoms with Crippen LogP contribution in [0.5, 0.6) is 11.5 Å². The molecule has 1 N–H and O–H groups in total. The van der Waals surface area contributed by atoms with Gasteiger partial charge in [-0.1, -0.05) is 35.4 Å². The van der Waals surface area contributed by atoms with Gasteiger partial charge in [-0.25, -0.2) is 0 Å². The van der Waals surface area contributed by atoms with Gasteiger partial charge in [0.25, 0.3) is 5.91 Å². The lowest BCUT2D eigenvalue weighted by Crippen LogP contribution is -2.13. The fourth-order valence-electron chi connectivity index (χ4n) is 2.92. The van der Waals surface area contributed by atoms with Gasteiger partial charge in [0.05, 0.1) is 10.7 Å². The number of nitrogens with zero attached hydrogens (tertiary/aromatic N) is 1. The molecule has 1 amide bonds. The summed E-state index contributed by atoms with van der Waals surface area (Å²) >= 11 is 1.92. The van der Waals surface area contributed by atoms with Gasteiger partial charge in [-0.2, -0.15) is 13.7 Å². The van der Waals surface area contributed by atoms with Crippen LogP contribution in [0.1, 0.15) is 16.7 Å². The van der Waals surface area contributed by atoms with E-state index in [1.807, 2.05) is 54.6 Å². The molecule has 9 heteroatoms. The minimum absolute atomic E-state index is 0.0134. The number of methoxy groups -OCH3 is 1. The first-order valence-corrected chi connectivity index (χ1v) is 12.5. The van der Waals surface area contributed by atoms with Crippen LogP contribution in [-0.4, -0.2) is 21.4 Å². The summed E-state index contributed by atoms with van der Waals surface area (Å²) in [6.07, 6.45) is 1.40. The normalized spacial score (nSPS) is 11.4. The molecule has 3 rings (SSSR count). The van der Waals surface area contributed by atoms with E-state index in [1.54, 1.807) is 30.3 Å². The van der Waals surface area contributed by atoms with Crippen LogP contribution in [-0.2, 0) is 14.9 Å². The minimum Gasteiger partial charge on any atom is -0.493 e. The summed E-state index contributed by atoms with van der Waals surface area (Å²) in [5.41, 5.74) is 2.87. The number of amides is 1. The number of benzene rings is 3. The minimum atomic E-state index is -4.09. The van der Waals surface area contributed by atoms with Crippen molar-refractivity contribution < 1.29 is 22.1 Å². The number of anilines is 1. The predicted octanol–water partition coefficient (Wildman–Crippen LogP) is 5.23. The highest BCUT2D eigenvalue weighted by atomic mass is 127. The van der Waals surface area contributed by atoms with Crippen molar-refractivity contribution in [1.82, 2.24) is 0 Å². The summed E-state index contributed by atoms with van der Waals surface area (Å²) in [4.78, 5) is 12.6. The highest BCUT2D eigenvalue weighted by molar-refractivity contribution is 14.1. The highest BCUT2D eigenvalue weighted by Crippen LogP contribution is 2.36. The van der Waals surface area contributed by atoms with E-state index in [2.05, 4.69) is 5.32 Å². The van der Waals surface area contributed by atoms with E-state index in [0.717, 1.165) is 11.1 Å². The lowest BCUT2D eigenvalue weighted by Gasteiger charge is -2.14. The van der Waals surface area contributed by atoms with E-state index in [4.69, 9.17) is 8.92 Å². The van der Waals surface area contributed by atoms with Crippen LogP contribution in [0.25, 0.3) is 6.08 Å². The van der Waals surface area contributed by atoms with E-state index in [9.17, 15) is 18.5 Å². The van der Waals surface area contributed by atoms with E-state index in [0.29, 0.717) is 14.8 Å². The second-order valence-electron chi connectivity index (χ2n) is 7.37. The predicted molar refractivity (Wildman–Crippen MR) is 138 cm³/mol. The largest absolute Gasteiger partial charge is 0.493 e. The maximum Gasteiger partial charge on any atom is 0.339 e. The molecule has 3 aromatic rings. The summed E-state index contributed by atoms with van der Waals surface area (Å²) in [5.74, 6) is -0.406. The van der Waals surface area contributed by atoms with E-state index >= 15 is 0 Å². The summed E-state index contributed by atoms with van der Waals surface area (Å²) < 4.78 is 36.6. The van der Waals surface area contributed by atoms with Crippen molar-refractivity contribution in [3.63, 3.8) is 0 Å². The Morgan fingerprint density at radius 2 is 1.62 bits per heavy atom. The molecule has 0 aliphatic heterocycles. The molecule has 174 valence electrons. The monoisotopic (exact) mass is 588 g/mol. The second-order valence-corrected chi connectivity index (χ2v) is 10.1. The van der Waals surface area contributed by atoms with Gasteiger partial charge in [0.15, 0.2) is 11.5 Å². The Labute approximate surface area is 212 Å². The molecule has 0 atom stereocenters. The zero-order valence-corrected chi connectivity index (χ0v) is 21.6. The third-order valence-electron chi connectivity index (χ3n) is 4.74. The number of ether oxygens (including phenoxy) is 1. The number of halogens is 1. The molecule has 0 unspecified atom stereocenters. The van der Waals surface area contributed by atoms with Gasteiger partial charge in [0, 0.05) is 5.69 Å². The molecule has 0 bridgehead atoms. The van der Waals surface area contributed by atoms with Gasteiger partial charge in [-0.3, -0.25) is 4.79 Å². The van der Waals surface area contributed by atoms with Crippen LogP contribution in [0.4, 0.5) is 5.69 Å². The molecule has 0 fully saturated rings. The SMILES string of the molecule is COc1cc(/C=C(\C#N)C(=O)Nc2ccc(C)cc2)cc(I)c1OS(=O)(=O)c1ccc(C)cc1. The van der Waals surface area contributed by atoms with Crippen molar-refractivity contribution in [2.24, 2.45) is 0 Å². The molecule has 0 heterocycles. The summed E-state index contributed by atoms with van der Waals surface area (Å²) in [6.45, 7) is 3.78. The number of nitrogens with one attached hydrogen (secondary N) is 1. The molecular weight excluding hydrogens is 567 g/mol. The maximum atomic E-state index is 12.7. The van der Waals surface area contributed by atoms with Crippen molar-refractivity contribution in [3.05, 3.63) is 86.5 Å². The Kier molecular flexibility index (Phi) is 7.96. The maximum absolute atomic E-state index is 12.7. The Balaban J connectivity index is 1.90. The quantitative estimate of drug-likeness (QED) is 0.176. The van der Waals surface area contributed by atoms with Crippen LogP contribution in [0, 0.1) is 28.7 Å². The van der Waals surface area contributed by atoms with Crippen molar-refractivity contribution in [2.45, 2.75) is 18.7 Å². The number of aryl methyl sites for hydroxylation is 2. The first kappa shape index (κ1) is 25.3. The number of rotatable bonds is 7. The zero-order valence-electron chi connectivity index (χ0n) is 18.6. The molecule has 0 aliphatic carbocycles. The van der Waals surface area contributed by atoms with Crippen molar-refractivity contribution in [2.75, 3.05) is 12.4 Å². The van der Waals surface area contributed by atoms with Gasteiger partial charge in [-0.15, -0.1) is 0 Å². The number of hydrogen-bond donors (Lipinski definition) is 1. The molecule has 0 saturated carbocycles. The number of carbonyl (C=O) groups is 1. The molecule has 7 nitrogen and oxygen atoms in total. The molecule has 3 aromatic carbocycles. The molecule has 0 aromatic heterocycles. The molecular formula is C25H21IN2O5S. The zero-order chi connectivity index (χ0) is 24.9. The summed E-state index contributed by atoms with van der Waals surface area (Å²) in [6, 6.07) is 18.5. The summed E-state index contributed by atoms with van der Waals surface area (Å²) in [7, 11) is -2.72. The first-order chi connectivity index (χ1) is 16.1. The van der Waals surface area contributed by atoms with Crippen LogP contribution >= 0.6 is 22.6 Å². The fourth-order valence-corrected chi connectivity index (χ4v) is 4.76. The molecule has 0 aliphatic rings. The number of hydrogen-bond acceptors (Lipinski definition) is 6. The van der Waals surface area contributed by atoms with Crippen molar-refractivity contribution >= 4 is 50.4 Å². The van der Waals surface area contributed by atoms with Crippen molar-refractivity contribution in [3.8, 4) is 17.6 Å². The van der Waals surface area contributed by atoms with Crippen LogP contribution in [0.2, 0.25) is 0 Å². The summed E-state index contributed by atoms with van der Waals surface area (Å²) in [5, 5.41) is 12.2. The fraction of sp³-hybridized carbons (Fsp3) is 0.120. The second kappa shape index (κ2) is 10.7. The topological polar surface area (TPSA) is 105 Å². The third kappa shape index (κ3) is 6.15. The van der Waals surface area contributed by atoms with E-state index in [-0.39, 0.29) is 22.0 Å². The smallest absolute Gasteiger partial charge is 0.339 e. The van der Waals surface area contributed by atoms with Crippen LogP contribution < -0.4 is 14.2 Å². The Hall–Kier alpha value is -3.36. The Morgan fingerprint density at radius 3 is 2.18 bits per heavy atom. The van der Waals surface area contributed by atoms with Gasteiger partial charge >= 0.3 is 10.1 Å². The number of nitriles is 1.